The summed E-state index contributed by atoms with van der Waals surface area (Å²) in [5.74, 6) is 0.272. The second-order valence-electron chi connectivity index (χ2n) is 8.46. The Morgan fingerprint density at radius 1 is 1.20 bits per heavy atom. The summed E-state index contributed by atoms with van der Waals surface area (Å²) in [6, 6.07) is 0.771. The quantitative estimate of drug-likeness (QED) is 0.790. The van der Waals surface area contributed by atoms with Crippen molar-refractivity contribution in [2.75, 3.05) is 13.1 Å². The first-order valence-electron chi connectivity index (χ1n) is 8.02. The SMILES string of the molecule is CC(C)N(CC1CCCN1C(C)(C)C)C(=O)C(C)(C)C. The number of rotatable bonds is 3. The molecule has 0 N–H and O–H groups in total. The molecule has 1 amide bonds. The molecule has 0 aromatic carbocycles. The van der Waals surface area contributed by atoms with E-state index < -0.39 is 0 Å². The Bertz CT molecular complexity index is 336. The fourth-order valence-corrected chi connectivity index (χ4v) is 3.09. The van der Waals surface area contributed by atoms with Crippen molar-refractivity contribution in [3.63, 3.8) is 0 Å². The minimum absolute atomic E-state index is 0.189. The molecule has 3 nitrogen and oxygen atoms in total. The van der Waals surface area contributed by atoms with E-state index in [2.05, 4.69) is 44.4 Å². The van der Waals surface area contributed by atoms with Gasteiger partial charge in [0.25, 0.3) is 0 Å². The molecule has 0 radical (unpaired) electrons. The zero-order chi connectivity index (χ0) is 15.7. The van der Waals surface area contributed by atoms with E-state index in [0.717, 1.165) is 13.1 Å². The average Bonchev–Trinajstić information content (AvgIpc) is 2.70. The van der Waals surface area contributed by atoms with Gasteiger partial charge in [-0.15, -0.1) is 0 Å². The Balaban J connectivity index is 2.84. The first kappa shape index (κ1) is 17.5. The molecule has 1 saturated heterocycles. The molecule has 0 bridgehead atoms. The summed E-state index contributed by atoms with van der Waals surface area (Å²) in [6.07, 6.45) is 2.45. The van der Waals surface area contributed by atoms with Gasteiger partial charge >= 0.3 is 0 Å². The van der Waals surface area contributed by atoms with E-state index >= 15 is 0 Å². The first-order chi connectivity index (χ1) is 8.94. The van der Waals surface area contributed by atoms with Crippen LogP contribution in [0.1, 0.15) is 68.2 Å². The van der Waals surface area contributed by atoms with Crippen LogP contribution in [-0.2, 0) is 4.79 Å². The van der Waals surface area contributed by atoms with Crippen molar-refractivity contribution in [3.05, 3.63) is 0 Å². The van der Waals surface area contributed by atoms with Gasteiger partial charge in [-0.3, -0.25) is 9.69 Å². The van der Waals surface area contributed by atoms with Gasteiger partial charge in [-0.1, -0.05) is 20.8 Å². The summed E-state index contributed by atoms with van der Waals surface area (Å²) in [5.41, 5.74) is -0.107. The lowest BCUT2D eigenvalue weighted by molar-refractivity contribution is -0.142. The Hall–Kier alpha value is -0.570. The van der Waals surface area contributed by atoms with Gasteiger partial charge in [-0.05, 0) is 54.0 Å². The van der Waals surface area contributed by atoms with Gasteiger partial charge in [0, 0.05) is 29.6 Å². The van der Waals surface area contributed by atoms with E-state index in [1.165, 1.54) is 12.8 Å². The summed E-state index contributed by atoms with van der Waals surface area (Å²) >= 11 is 0. The van der Waals surface area contributed by atoms with E-state index in [1.807, 2.05) is 20.8 Å². The molecule has 0 aliphatic carbocycles. The highest BCUT2D eigenvalue weighted by atomic mass is 16.2. The number of hydrogen-bond donors (Lipinski definition) is 0. The van der Waals surface area contributed by atoms with Gasteiger partial charge < -0.3 is 4.90 Å². The summed E-state index contributed by atoms with van der Waals surface area (Å²) < 4.78 is 0. The van der Waals surface area contributed by atoms with Crippen LogP contribution in [0.25, 0.3) is 0 Å². The van der Waals surface area contributed by atoms with Crippen molar-refractivity contribution in [1.29, 1.82) is 0 Å². The first-order valence-corrected chi connectivity index (χ1v) is 8.02. The maximum absolute atomic E-state index is 12.7. The number of carbonyl (C=O) groups is 1. The van der Waals surface area contributed by atoms with Crippen LogP contribution in [0.2, 0.25) is 0 Å². The van der Waals surface area contributed by atoms with Crippen molar-refractivity contribution < 1.29 is 4.79 Å². The Morgan fingerprint density at radius 2 is 1.75 bits per heavy atom. The lowest BCUT2D eigenvalue weighted by atomic mass is 9.93. The predicted octanol–water partition coefficient (Wildman–Crippen LogP) is 3.53. The maximum atomic E-state index is 12.7. The van der Waals surface area contributed by atoms with Crippen molar-refractivity contribution in [1.82, 2.24) is 9.80 Å². The molecule has 0 aromatic rings. The summed E-state index contributed by atoms with van der Waals surface area (Å²) in [6.45, 7) is 19.1. The Labute approximate surface area is 125 Å². The zero-order valence-electron chi connectivity index (χ0n) is 14.8. The molecule has 1 fully saturated rings. The predicted molar refractivity (Wildman–Crippen MR) is 85.8 cm³/mol. The molecule has 1 aliphatic heterocycles. The van der Waals surface area contributed by atoms with E-state index in [1.54, 1.807) is 0 Å². The number of carbonyl (C=O) groups excluding carboxylic acids is 1. The fraction of sp³-hybridized carbons (Fsp3) is 0.941. The van der Waals surface area contributed by atoms with Crippen LogP contribution < -0.4 is 0 Å². The molecule has 0 saturated carbocycles. The summed E-state index contributed by atoms with van der Waals surface area (Å²) in [5, 5.41) is 0. The fourth-order valence-electron chi connectivity index (χ4n) is 3.09. The van der Waals surface area contributed by atoms with Crippen molar-refractivity contribution >= 4 is 5.91 Å². The number of likely N-dealkylation sites (tertiary alicyclic amines) is 1. The van der Waals surface area contributed by atoms with Gasteiger partial charge in [0.05, 0.1) is 0 Å². The molecule has 0 aromatic heterocycles. The van der Waals surface area contributed by atoms with Crippen LogP contribution in [0.5, 0.6) is 0 Å². The van der Waals surface area contributed by atoms with E-state index in [0.29, 0.717) is 6.04 Å². The van der Waals surface area contributed by atoms with Gasteiger partial charge in [-0.2, -0.15) is 0 Å². The molecule has 1 atom stereocenters. The van der Waals surface area contributed by atoms with Gasteiger partial charge in [0.2, 0.25) is 5.91 Å². The zero-order valence-corrected chi connectivity index (χ0v) is 14.8. The summed E-state index contributed by atoms with van der Waals surface area (Å²) in [4.78, 5) is 17.3. The standard InChI is InChI=1S/C17H34N2O/c1-13(2)18(15(20)16(3,4)5)12-14-10-9-11-19(14)17(6,7)8/h13-14H,9-12H2,1-8H3. The third kappa shape index (κ3) is 4.21. The van der Waals surface area contributed by atoms with E-state index in [9.17, 15) is 4.79 Å². The topological polar surface area (TPSA) is 23.6 Å². The molecule has 118 valence electrons. The number of amides is 1. The smallest absolute Gasteiger partial charge is 0.228 e. The highest BCUT2D eigenvalue weighted by molar-refractivity contribution is 5.81. The number of nitrogens with zero attached hydrogens (tertiary/aromatic N) is 2. The van der Waals surface area contributed by atoms with Crippen LogP contribution in [0.15, 0.2) is 0 Å². The monoisotopic (exact) mass is 282 g/mol. The maximum Gasteiger partial charge on any atom is 0.228 e. The molecule has 3 heteroatoms. The molecule has 1 rings (SSSR count). The van der Waals surface area contributed by atoms with E-state index in [4.69, 9.17) is 0 Å². The third-order valence-corrected chi connectivity index (χ3v) is 4.17. The van der Waals surface area contributed by atoms with Crippen LogP contribution in [-0.4, -0.2) is 46.4 Å². The molecule has 1 heterocycles. The van der Waals surface area contributed by atoms with Crippen molar-refractivity contribution in [3.8, 4) is 0 Å². The van der Waals surface area contributed by atoms with Crippen LogP contribution in [0, 0.1) is 5.41 Å². The van der Waals surface area contributed by atoms with Gasteiger partial charge in [0.1, 0.15) is 0 Å². The third-order valence-electron chi connectivity index (χ3n) is 4.17. The average molecular weight is 282 g/mol. The van der Waals surface area contributed by atoms with Gasteiger partial charge in [-0.25, -0.2) is 0 Å². The minimum atomic E-state index is -0.296. The van der Waals surface area contributed by atoms with E-state index in [-0.39, 0.29) is 22.9 Å². The normalized spacial score (nSPS) is 21.6. The Morgan fingerprint density at radius 3 is 2.15 bits per heavy atom. The molecular weight excluding hydrogens is 248 g/mol. The van der Waals surface area contributed by atoms with Crippen LogP contribution in [0.3, 0.4) is 0 Å². The van der Waals surface area contributed by atoms with Crippen molar-refractivity contribution in [2.24, 2.45) is 5.41 Å². The second-order valence-corrected chi connectivity index (χ2v) is 8.46. The molecule has 1 aliphatic rings. The van der Waals surface area contributed by atoms with Gasteiger partial charge in [0.15, 0.2) is 0 Å². The second kappa shape index (κ2) is 6.05. The Kier molecular flexibility index (Phi) is 5.29. The van der Waals surface area contributed by atoms with Crippen LogP contribution >= 0.6 is 0 Å². The number of hydrogen-bond acceptors (Lipinski definition) is 2. The highest BCUT2D eigenvalue weighted by Crippen LogP contribution is 2.28. The molecule has 1 unspecified atom stereocenters. The molecule has 0 spiro atoms. The summed E-state index contributed by atoms with van der Waals surface area (Å²) in [7, 11) is 0. The molecule has 20 heavy (non-hydrogen) atoms. The highest BCUT2D eigenvalue weighted by Gasteiger charge is 2.37. The largest absolute Gasteiger partial charge is 0.338 e. The van der Waals surface area contributed by atoms with Crippen molar-refractivity contribution in [2.45, 2.75) is 85.9 Å². The molecular formula is C17H34N2O. The van der Waals surface area contributed by atoms with Crippen LogP contribution in [0.4, 0.5) is 0 Å². The minimum Gasteiger partial charge on any atom is -0.338 e. The lowest BCUT2D eigenvalue weighted by Gasteiger charge is -2.41. The lowest BCUT2D eigenvalue weighted by Crippen LogP contribution is -2.53.